The zero-order valence-corrected chi connectivity index (χ0v) is 9.41. The van der Waals surface area contributed by atoms with Crippen LogP contribution >= 0.6 is 11.3 Å². The van der Waals surface area contributed by atoms with E-state index in [1.54, 1.807) is 0 Å². The number of carbonyl (C=O) groups is 1. The van der Waals surface area contributed by atoms with Gasteiger partial charge in [-0.1, -0.05) is 13.8 Å². The average molecular weight is 236 g/mol. The number of anilines is 1. The van der Waals surface area contributed by atoms with Gasteiger partial charge in [-0.25, -0.2) is 8.78 Å². The molecule has 0 saturated heterocycles. The van der Waals surface area contributed by atoms with Gasteiger partial charge in [0.2, 0.25) is 0 Å². The van der Waals surface area contributed by atoms with Gasteiger partial charge >= 0.3 is 0 Å². The van der Waals surface area contributed by atoms with Crippen LogP contribution in [0.25, 0.3) is 0 Å². The molecular weight excluding hydrogens is 222 g/mol. The van der Waals surface area contributed by atoms with E-state index >= 15 is 0 Å². The second-order valence-corrected chi connectivity index (χ2v) is 3.28. The third kappa shape index (κ3) is 5.31. The number of alkyl halides is 2. The molecule has 0 spiro atoms. The molecule has 1 aromatic rings. The Kier molecular flexibility index (Phi) is 6.61. The summed E-state index contributed by atoms with van der Waals surface area (Å²) >= 11 is 1.20. The topological polar surface area (TPSA) is 55.1 Å². The van der Waals surface area contributed by atoms with Crippen molar-refractivity contribution in [1.82, 2.24) is 5.32 Å². The Balaban J connectivity index is 0.000000921. The van der Waals surface area contributed by atoms with E-state index in [0.717, 1.165) is 0 Å². The highest BCUT2D eigenvalue weighted by atomic mass is 32.1. The fourth-order valence-corrected chi connectivity index (χ4v) is 1.38. The monoisotopic (exact) mass is 236 g/mol. The van der Waals surface area contributed by atoms with E-state index in [0.29, 0.717) is 10.6 Å². The molecule has 1 rings (SSSR count). The summed E-state index contributed by atoms with van der Waals surface area (Å²) in [6.07, 6.45) is -2.53. The number of nitrogens with two attached hydrogens (primary N) is 1. The first-order valence-corrected chi connectivity index (χ1v) is 5.38. The second kappa shape index (κ2) is 7.17. The van der Waals surface area contributed by atoms with Crippen molar-refractivity contribution in [2.45, 2.75) is 20.3 Å². The molecule has 0 radical (unpaired) electrons. The van der Waals surface area contributed by atoms with Crippen LogP contribution in [0, 0.1) is 0 Å². The minimum Gasteiger partial charge on any atom is -0.391 e. The number of rotatable bonds is 3. The van der Waals surface area contributed by atoms with Crippen LogP contribution in [0.5, 0.6) is 0 Å². The zero-order chi connectivity index (χ0) is 11.8. The second-order valence-electron chi connectivity index (χ2n) is 2.34. The molecule has 1 amide bonds. The molecule has 0 aliphatic rings. The summed E-state index contributed by atoms with van der Waals surface area (Å²) in [5.74, 6) is -0.520. The van der Waals surface area contributed by atoms with Gasteiger partial charge in [0.15, 0.2) is 0 Å². The maximum absolute atomic E-state index is 11.7. The third-order valence-corrected chi connectivity index (χ3v) is 2.06. The van der Waals surface area contributed by atoms with Gasteiger partial charge in [0, 0.05) is 5.38 Å². The van der Waals surface area contributed by atoms with E-state index in [1.807, 2.05) is 13.8 Å². The van der Waals surface area contributed by atoms with Crippen molar-refractivity contribution < 1.29 is 13.6 Å². The van der Waals surface area contributed by atoms with E-state index in [9.17, 15) is 13.6 Å². The summed E-state index contributed by atoms with van der Waals surface area (Å²) in [6.45, 7) is 3.37. The first kappa shape index (κ1) is 13.8. The standard InChI is InChI=1S/C7H8F2N2OS.C2H6/c8-5(9)2-11-7(12)4-1-6(10)13-3-4;1-2/h1,3,5H,2,10H2,(H,11,12);1-2H3. The fraction of sp³-hybridized carbons (Fsp3) is 0.444. The number of nitrogens with one attached hydrogen (secondary N) is 1. The molecule has 0 aliphatic heterocycles. The molecule has 86 valence electrons. The normalized spacial score (nSPS) is 9.40. The van der Waals surface area contributed by atoms with Gasteiger partial charge in [-0.3, -0.25) is 4.79 Å². The van der Waals surface area contributed by atoms with Crippen molar-refractivity contribution >= 4 is 22.2 Å². The van der Waals surface area contributed by atoms with E-state index in [1.165, 1.54) is 22.8 Å². The predicted molar refractivity (Wildman–Crippen MR) is 58.4 cm³/mol. The van der Waals surface area contributed by atoms with Crippen LogP contribution in [-0.4, -0.2) is 18.9 Å². The summed E-state index contributed by atoms with van der Waals surface area (Å²) in [5.41, 5.74) is 5.69. The van der Waals surface area contributed by atoms with Crippen molar-refractivity contribution in [3.63, 3.8) is 0 Å². The number of hydrogen-bond acceptors (Lipinski definition) is 3. The van der Waals surface area contributed by atoms with Crippen LogP contribution in [0.15, 0.2) is 11.4 Å². The van der Waals surface area contributed by atoms with Crippen molar-refractivity contribution in [2.75, 3.05) is 12.3 Å². The number of hydrogen-bond donors (Lipinski definition) is 2. The number of halogens is 2. The molecule has 0 bridgehead atoms. The quantitative estimate of drug-likeness (QED) is 0.846. The average Bonchev–Trinajstić information content (AvgIpc) is 2.64. The number of amides is 1. The Hall–Kier alpha value is -1.17. The first-order valence-electron chi connectivity index (χ1n) is 4.50. The lowest BCUT2D eigenvalue weighted by Crippen LogP contribution is -2.28. The highest BCUT2D eigenvalue weighted by Crippen LogP contribution is 2.15. The number of thiophene rings is 1. The van der Waals surface area contributed by atoms with Crippen LogP contribution in [0.3, 0.4) is 0 Å². The molecule has 0 aromatic carbocycles. The molecule has 3 N–H and O–H groups in total. The predicted octanol–water partition coefficient (Wildman–Crippen LogP) is 2.35. The summed E-state index contributed by atoms with van der Waals surface area (Å²) in [7, 11) is 0. The molecule has 3 nitrogen and oxygen atoms in total. The van der Waals surface area contributed by atoms with E-state index in [-0.39, 0.29) is 0 Å². The molecule has 1 heterocycles. The highest BCUT2D eigenvalue weighted by molar-refractivity contribution is 7.14. The Morgan fingerprint density at radius 1 is 1.60 bits per heavy atom. The van der Waals surface area contributed by atoms with Gasteiger partial charge < -0.3 is 11.1 Å². The van der Waals surface area contributed by atoms with Gasteiger partial charge in [0.05, 0.1) is 17.1 Å². The largest absolute Gasteiger partial charge is 0.391 e. The lowest BCUT2D eigenvalue weighted by atomic mass is 10.3. The molecule has 1 aromatic heterocycles. The van der Waals surface area contributed by atoms with Gasteiger partial charge in [-0.15, -0.1) is 11.3 Å². The van der Waals surface area contributed by atoms with Crippen LogP contribution in [0.1, 0.15) is 24.2 Å². The molecule has 0 fully saturated rings. The highest BCUT2D eigenvalue weighted by Gasteiger charge is 2.09. The molecule has 0 saturated carbocycles. The van der Waals surface area contributed by atoms with Crippen molar-refractivity contribution in [1.29, 1.82) is 0 Å². The number of nitrogen functional groups attached to an aromatic ring is 1. The molecule has 6 heteroatoms. The lowest BCUT2D eigenvalue weighted by molar-refractivity contribution is 0.0892. The van der Waals surface area contributed by atoms with Gasteiger partial charge in [0.1, 0.15) is 0 Å². The summed E-state index contributed by atoms with van der Waals surface area (Å²) in [6, 6.07) is 1.45. The van der Waals surface area contributed by atoms with Crippen LogP contribution in [0.2, 0.25) is 0 Å². The van der Waals surface area contributed by atoms with Crippen molar-refractivity contribution in [3.8, 4) is 0 Å². The summed E-state index contributed by atoms with van der Waals surface area (Å²) in [5, 5.41) is 4.09. The minimum atomic E-state index is -2.53. The SMILES string of the molecule is CC.Nc1cc(C(=O)NCC(F)F)cs1. The molecule has 15 heavy (non-hydrogen) atoms. The Morgan fingerprint density at radius 2 is 2.20 bits per heavy atom. The Labute approximate surface area is 91.3 Å². The minimum absolute atomic E-state index is 0.322. The maximum atomic E-state index is 11.7. The smallest absolute Gasteiger partial charge is 0.255 e. The van der Waals surface area contributed by atoms with Crippen molar-refractivity contribution in [3.05, 3.63) is 17.0 Å². The molecule has 0 atom stereocenters. The molecular formula is C9H14F2N2OS. The maximum Gasteiger partial charge on any atom is 0.255 e. The van der Waals surface area contributed by atoms with Gasteiger partial charge in [0.25, 0.3) is 12.3 Å². The summed E-state index contributed by atoms with van der Waals surface area (Å²) in [4.78, 5) is 11.1. The first-order chi connectivity index (χ1) is 7.09. The summed E-state index contributed by atoms with van der Waals surface area (Å²) < 4.78 is 23.4. The fourth-order valence-electron chi connectivity index (χ4n) is 0.744. The molecule has 0 aliphatic carbocycles. The van der Waals surface area contributed by atoms with E-state index < -0.39 is 18.9 Å². The molecule has 0 unspecified atom stereocenters. The lowest BCUT2D eigenvalue weighted by Gasteiger charge is -2.01. The van der Waals surface area contributed by atoms with E-state index in [2.05, 4.69) is 5.32 Å². The van der Waals surface area contributed by atoms with Crippen molar-refractivity contribution in [2.24, 2.45) is 0 Å². The van der Waals surface area contributed by atoms with Crippen LogP contribution in [-0.2, 0) is 0 Å². The number of carbonyl (C=O) groups excluding carboxylic acids is 1. The zero-order valence-electron chi connectivity index (χ0n) is 8.59. The van der Waals surface area contributed by atoms with Gasteiger partial charge in [-0.05, 0) is 6.07 Å². The third-order valence-electron chi connectivity index (χ3n) is 1.30. The Morgan fingerprint density at radius 3 is 2.60 bits per heavy atom. The van der Waals surface area contributed by atoms with Gasteiger partial charge in [-0.2, -0.15) is 0 Å². The van der Waals surface area contributed by atoms with E-state index in [4.69, 9.17) is 5.73 Å². The Bertz CT molecular complexity index is 302. The van der Waals surface area contributed by atoms with Crippen LogP contribution in [0.4, 0.5) is 13.8 Å². The van der Waals surface area contributed by atoms with Crippen LogP contribution < -0.4 is 11.1 Å².